The molecule has 2 aromatic heterocycles. The number of anilines is 1. The van der Waals surface area contributed by atoms with E-state index in [1.807, 2.05) is 0 Å². The van der Waals surface area contributed by atoms with Crippen LogP contribution in [0.5, 0.6) is 0 Å². The molecular formula is C13H16N4O2S. The molecule has 0 saturated carbocycles. The third-order valence-corrected chi connectivity index (χ3v) is 4.85. The smallest absolute Gasteiger partial charge is 0.247 e. The maximum atomic E-state index is 12.6. The lowest BCUT2D eigenvalue weighted by molar-refractivity contribution is 0.423. The number of aromatic nitrogens is 2. The summed E-state index contributed by atoms with van der Waals surface area (Å²) < 4.78 is 26.5. The van der Waals surface area contributed by atoms with E-state index in [0.29, 0.717) is 6.54 Å². The van der Waals surface area contributed by atoms with Crippen LogP contribution in [0.1, 0.15) is 12.5 Å². The summed E-state index contributed by atoms with van der Waals surface area (Å²) in [5.74, 6) is 0.0145. The van der Waals surface area contributed by atoms with Gasteiger partial charge in [-0.15, -0.1) is 0 Å². The van der Waals surface area contributed by atoms with Gasteiger partial charge < -0.3 is 5.73 Å². The number of sulfonamides is 1. The normalized spacial score (nSPS) is 11.7. The van der Waals surface area contributed by atoms with Crippen LogP contribution in [-0.2, 0) is 16.6 Å². The molecule has 6 nitrogen and oxygen atoms in total. The Kier molecular flexibility index (Phi) is 4.31. The molecular weight excluding hydrogens is 276 g/mol. The summed E-state index contributed by atoms with van der Waals surface area (Å²) in [6, 6.07) is 6.59. The molecule has 0 radical (unpaired) electrons. The minimum absolute atomic E-state index is 0.0145. The molecule has 0 saturated heterocycles. The van der Waals surface area contributed by atoms with E-state index in [1.54, 1.807) is 37.5 Å². The van der Waals surface area contributed by atoms with E-state index in [2.05, 4.69) is 9.97 Å². The van der Waals surface area contributed by atoms with Crippen molar-refractivity contribution in [2.75, 3.05) is 12.3 Å². The molecule has 0 aliphatic rings. The quantitative estimate of drug-likeness (QED) is 0.896. The standard InChI is InChI=1S/C13H16N4O2S/c1-2-17(10-11-5-8-15-9-6-11)20(18,19)12-4-3-7-16-13(12)14/h3-9H,2,10H2,1H3,(H2,14,16). The number of nitrogens with two attached hydrogens (primary N) is 1. The summed E-state index contributed by atoms with van der Waals surface area (Å²) in [4.78, 5) is 7.78. The molecule has 0 aliphatic heterocycles. The molecule has 2 heterocycles. The van der Waals surface area contributed by atoms with Crippen LogP contribution in [0.4, 0.5) is 5.82 Å². The maximum absolute atomic E-state index is 12.6. The van der Waals surface area contributed by atoms with Crippen molar-refractivity contribution in [3.05, 3.63) is 48.4 Å². The predicted octanol–water partition coefficient (Wildman–Crippen LogP) is 1.27. The highest BCUT2D eigenvalue weighted by atomic mass is 32.2. The van der Waals surface area contributed by atoms with Gasteiger partial charge in [-0.05, 0) is 29.8 Å². The van der Waals surface area contributed by atoms with Crippen LogP contribution >= 0.6 is 0 Å². The van der Waals surface area contributed by atoms with Gasteiger partial charge in [-0.2, -0.15) is 4.31 Å². The van der Waals surface area contributed by atoms with Gasteiger partial charge >= 0.3 is 0 Å². The lowest BCUT2D eigenvalue weighted by atomic mass is 10.3. The van der Waals surface area contributed by atoms with Crippen molar-refractivity contribution >= 4 is 15.8 Å². The van der Waals surface area contributed by atoms with E-state index in [1.165, 1.54) is 16.6 Å². The third-order valence-electron chi connectivity index (χ3n) is 2.88. The van der Waals surface area contributed by atoms with Gasteiger partial charge in [-0.25, -0.2) is 13.4 Å². The van der Waals surface area contributed by atoms with Crippen LogP contribution in [0, 0.1) is 0 Å². The van der Waals surface area contributed by atoms with Gasteiger partial charge in [0.2, 0.25) is 10.0 Å². The first kappa shape index (κ1) is 14.4. The van der Waals surface area contributed by atoms with E-state index in [4.69, 9.17) is 5.73 Å². The first-order valence-corrected chi connectivity index (χ1v) is 7.59. The molecule has 20 heavy (non-hydrogen) atoms. The molecule has 7 heteroatoms. The van der Waals surface area contributed by atoms with Crippen molar-refractivity contribution in [2.24, 2.45) is 0 Å². The van der Waals surface area contributed by atoms with Gasteiger partial charge in [0.1, 0.15) is 10.7 Å². The molecule has 0 aliphatic carbocycles. The molecule has 0 spiro atoms. The fourth-order valence-corrected chi connectivity index (χ4v) is 3.32. The monoisotopic (exact) mass is 292 g/mol. The second kappa shape index (κ2) is 5.98. The first-order chi connectivity index (χ1) is 9.55. The number of nitrogens with zero attached hydrogens (tertiary/aromatic N) is 3. The van der Waals surface area contributed by atoms with Gasteiger partial charge in [-0.1, -0.05) is 6.92 Å². The zero-order valence-corrected chi connectivity index (χ0v) is 11.9. The Morgan fingerprint density at radius 2 is 1.90 bits per heavy atom. The molecule has 2 rings (SSSR count). The van der Waals surface area contributed by atoms with Gasteiger partial charge in [0.15, 0.2) is 0 Å². The minimum atomic E-state index is -3.65. The summed E-state index contributed by atoms with van der Waals surface area (Å²) in [6.45, 7) is 2.40. The third kappa shape index (κ3) is 2.94. The van der Waals surface area contributed by atoms with Gasteiger partial charge in [-0.3, -0.25) is 4.98 Å². The molecule has 0 amide bonds. The second-order valence-electron chi connectivity index (χ2n) is 4.17. The molecule has 2 N–H and O–H groups in total. The van der Waals surface area contributed by atoms with E-state index >= 15 is 0 Å². The largest absolute Gasteiger partial charge is 0.383 e. The topological polar surface area (TPSA) is 89.2 Å². The Hall–Kier alpha value is -1.99. The van der Waals surface area contributed by atoms with Crippen LogP contribution in [0.25, 0.3) is 0 Å². The highest BCUT2D eigenvalue weighted by Gasteiger charge is 2.25. The number of rotatable bonds is 5. The SMILES string of the molecule is CCN(Cc1ccncc1)S(=O)(=O)c1cccnc1N. The summed E-state index contributed by atoms with van der Waals surface area (Å²) in [5.41, 5.74) is 6.53. The van der Waals surface area contributed by atoms with Crippen molar-refractivity contribution < 1.29 is 8.42 Å². The van der Waals surface area contributed by atoms with Gasteiger partial charge in [0.25, 0.3) is 0 Å². The Morgan fingerprint density at radius 1 is 1.20 bits per heavy atom. The lowest BCUT2D eigenvalue weighted by Crippen LogP contribution is -2.31. The van der Waals surface area contributed by atoms with Crippen LogP contribution in [0.15, 0.2) is 47.8 Å². The van der Waals surface area contributed by atoms with E-state index in [0.717, 1.165) is 5.56 Å². The molecule has 0 fully saturated rings. The second-order valence-corrected chi connectivity index (χ2v) is 6.08. The van der Waals surface area contributed by atoms with Gasteiger partial charge in [0.05, 0.1) is 0 Å². The van der Waals surface area contributed by atoms with Crippen LogP contribution in [-0.4, -0.2) is 29.2 Å². The number of pyridine rings is 2. The average Bonchev–Trinajstić information content (AvgIpc) is 2.46. The number of hydrogen-bond acceptors (Lipinski definition) is 5. The van der Waals surface area contributed by atoms with Crippen molar-refractivity contribution in [2.45, 2.75) is 18.4 Å². The summed E-state index contributed by atoms with van der Waals surface area (Å²) in [6.07, 6.45) is 4.73. The predicted molar refractivity (Wildman–Crippen MR) is 76.2 cm³/mol. The Bertz CT molecular complexity index is 674. The van der Waals surface area contributed by atoms with Crippen LogP contribution in [0.3, 0.4) is 0 Å². The minimum Gasteiger partial charge on any atom is -0.383 e. The molecule has 0 bridgehead atoms. The number of nitrogen functional groups attached to an aromatic ring is 1. The van der Waals surface area contributed by atoms with Crippen molar-refractivity contribution in [3.63, 3.8) is 0 Å². The molecule has 0 unspecified atom stereocenters. The number of hydrogen-bond donors (Lipinski definition) is 1. The maximum Gasteiger partial charge on any atom is 0.247 e. The van der Waals surface area contributed by atoms with Crippen molar-refractivity contribution in [3.8, 4) is 0 Å². The van der Waals surface area contributed by atoms with E-state index in [-0.39, 0.29) is 17.3 Å². The molecule has 2 aromatic rings. The Balaban J connectivity index is 2.34. The van der Waals surface area contributed by atoms with Crippen LogP contribution in [0.2, 0.25) is 0 Å². The summed E-state index contributed by atoms with van der Waals surface area (Å²) in [5, 5.41) is 0. The average molecular weight is 292 g/mol. The highest BCUT2D eigenvalue weighted by molar-refractivity contribution is 7.89. The molecule has 106 valence electrons. The fraction of sp³-hybridized carbons (Fsp3) is 0.231. The first-order valence-electron chi connectivity index (χ1n) is 6.15. The lowest BCUT2D eigenvalue weighted by Gasteiger charge is -2.21. The molecule has 0 atom stereocenters. The Labute approximate surface area is 118 Å². The van der Waals surface area contributed by atoms with E-state index in [9.17, 15) is 8.42 Å². The van der Waals surface area contributed by atoms with Crippen molar-refractivity contribution in [1.82, 2.24) is 14.3 Å². The summed E-state index contributed by atoms with van der Waals surface area (Å²) >= 11 is 0. The Morgan fingerprint density at radius 3 is 2.50 bits per heavy atom. The van der Waals surface area contributed by atoms with E-state index < -0.39 is 10.0 Å². The van der Waals surface area contributed by atoms with Crippen molar-refractivity contribution in [1.29, 1.82) is 0 Å². The molecule has 0 aromatic carbocycles. The zero-order valence-electron chi connectivity index (χ0n) is 11.1. The fourth-order valence-electron chi connectivity index (χ4n) is 1.82. The highest BCUT2D eigenvalue weighted by Crippen LogP contribution is 2.21. The zero-order chi connectivity index (χ0) is 14.6. The summed E-state index contributed by atoms with van der Waals surface area (Å²) in [7, 11) is -3.65. The van der Waals surface area contributed by atoms with Crippen LogP contribution < -0.4 is 5.73 Å². The van der Waals surface area contributed by atoms with Gasteiger partial charge in [0, 0.05) is 31.7 Å².